The van der Waals surface area contributed by atoms with Crippen molar-refractivity contribution in [3.63, 3.8) is 0 Å². The van der Waals surface area contributed by atoms with Crippen LogP contribution in [0.25, 0.3) is 21.9 Å². The predicted octanol–water partition coefficient (Wildman–Crippen LogP) is 7.60. The van der Waals surface area contributed by atoms with Crippen molar-refractivity contribution in [2.45, 2.75) is 19.6 Å². The van der Waals surface area contributed by atoms with Crippen molar-refractivity contribution in [3.8, 4) is 17.2 Å². The fourth-order valence-corrected chi connectivity index (χ4v) is 5.10. The number of rotatable bonds is 6. The van der Waals surface area contributed by atoms with E-state index in [1.807, 2.05) is 36.7 Å². The average molecular weight is 461 g/mol. The number of hydrogen-bond acceptors (Lipinski definition) is 4. The Labute approximate surface area is 204 Å². The van der Waals surface area contributed by atoms with Gasteiger partial charge in [-0.2, -0.15) is 5.26 Å². The summed E-state index contributed by atoms with van der Waals surface area (Å²) in [7, 11) is 0. The van der Waals surface area contributed by atoms with E-state index in [4.69, 9.17) is 4.74 Å². The molecule has 4 aromatic rings. The van der Waals surface area contributed by atoms with Crippen molar-refractivity contribution in [3.05, 3.63) is 118 Å². The first kappa shape index (κ1) is 22.2. The molecule has 1 aliphatic heterocycles. The normalized spacial score (nSPS) is 13.9. The fraction of sp³-hybridized carbons (Fsp3) is 0.133. The van der Waals surface area contributed by atoms with E-state index < -0.39 is 0 Å². The van der Waals surface area contributed by atoms with Crippen molar-refractivity contribution in [1.29, 1.82) is 5.26 Å². The molecule has 1 aliphatic rings. The zero-order valence-corrected chi connectivity index (χ0v) is 19.8. The van der Waals surface area contributed by atoms with Gasteiger partial charge in [0.1, 0.15) is 6.10 Å². The Kier molecular flexibility index (Phi) is 6.58. The van der Waals surface area contributed by atoms with Crippen LogP contribution in [0.4, 0.5) is 0 Å². The monoisotopic (exact) mass is 460 g/mol. The molecule has 34 heavy (non-hydrogen) atoms. The molecule has 1 unspecified atom stereocenters. The maximum absolute atomic E-state index is 9.77. The maximum atomic E-state index is 9.77. The molecule has 1 heterocycles. The number of nitriles is 1. The van der Waals surface area contributed by atoms with Gasteiger partial charge >= 0.3 is 0 Å². The fourth-order valence-electron chi connectivity index (χ4n) is 4.25. The Morgan fingerprint density at radius 2 is 1.76 bits per heavy atom. The molecule has 0 saturated heterocycles. The summed E-state index contributed by atoms with van der Waals surface area (Å²) in [6.45, 7) is 2.56. The molecule has 0 fully saturated rings. The van der Waals surface area contributed by atoms with E-state index in [2.05, 4.69) is 78.6 Å². The molecule has 0 saturated carbocycles. The first-order valence-electron chi connectivity index (χ1n) is 11.3. The molecule has 4 heteroatoms. The number of thioether (sulfide) groups is 1. The van der Waals surface area contributed by atoms with Gasteiger partial charge in [0, 0.05) is 28.6 Å². The zero-order chi connectivity index (χ0) is 23.3. The highest BCUT2D eigenvalue weighted by Gasteiger charge is 2.21. The number of aliphatic imine (C=N–C) groups is 1. The smallest absolute Gasteiger partial charge is 0.115 e. The zero-order valence-electron chi connectivity index (χ0n) is 18.9. The molecular weight excluding hydrogens is 436 g/mol. The maximum Gasteiger partial charge on any atom is 0.115 e. The molecule has 0 N–H and O–H groups in total. The van der Waals surface area contributed by atoms with E-state index in [1.54, 1.807) is 11.8 Å². The van der Waals surface area contributed by atoms with Crippen molar-refractivity contribution in [2.24, 2.45) is 4.99 Å². The minimum atomic E-state index is -0.260. The molecule has 0 aromatic heterocycles. The highest BCUT2D eigenvalue weighted by atomic mass is 32.2. The Hall–Kier alpha value is -3.65. The number of fused-ring (bicyclic) bond motifs is 1. The summed E-state index contributed by atoms with van der Waals surface area (Å²) in [5.41, 5.74) is 5.95. The van der Waals surface area contributed by atoms with E-state index in [-0.39, 0.29) is 6.10 Å². The SMILES string of the molecule is Cc1ccccc1-c1cc(C(OCc2ccc3ccccc3c2)C2=CN=CCS2)ccc1C#N. The number of ether oxygens (including phenoxy) is 1. The van der Waals surface area contributed by atoms with Gasteiger partial charge in [-0.15, -0.1) is 11.8 Å². The van der Waals surface area contributed by atoms with Crippen LogP contribution in [-0.2, 0) is 11.3 Å². The van der Waals surface area contributed by atoms with E-state index in [9.17, 15) is 5.26 Å². The molecule has 0 amide bonds. The number of nitrogens with zero attached hydrogens (tertiary/aromatic N) is 2. The van der Waals surface area contributed by atoms with Gasteiger partial charge in [-0.05, 0) is 58.1 Å². The quantitative estimate of drug-likeness (QED) is 0.297. The second-order valence-corrected chi connectivity index (χ2v) is 9.37. The van der Waals surface area contributed by atoms with Gasteiger partial charge in [-0.3, -0.25) is 4.99 Å². The second kappa shape index (κ2) is 10.1. The number of benzene rings is 4. The second-order valence-electron chi connectivity index (χ2n) is 8.28. The van der Waals surface area contributed by atoms with Crippen LogP contribution < -0.4 is 0 Å². The van der Waals surface area contributed by atoms with E-state index in [0.717, 1.165) is 38.5 Å². The molecule has 1 atom stereocenters. The van der Waals surface area contributed by atoms with Crippen LogP contribution in [0.3, 0.4) is 0 Å². The topological polar surface area (TPSA) is 45.4 Å². The summed E-state index contributed by atoms with van der Waals surface area (Å²) in [5.74, 6) is 0.822. The Morgan fingerprint density at radius 3 is 2.56 bits per heavy atom. The summed E-state index contributed by atoms with van der Waals surface area (Å²) in [4.78, 5) is 5.46. The van der Waals surface area contributed by atoms with Crippen LogP contribution in [0.15, 0.2) is 101 Å². The van der Waals surface area contributed by atoms with E-state index >= 15 is 0 Å². The summed E-state index contributed by atoms with van der Waals surface area (Å²) >= 11 is 1.74. The molecule has 3 nitrogen and oxygen atoms in total. The van der Waals surface area contributed by atoms with Gasteiger partial charge in [-0.25, -0.2) is 0 Å². The molecule has 166 valence electrons. The lowest BCUT2D eigenvalue weighted by molar-refractivity contribution is 0.0693. The van der Waals surface area contributed by atoms with Crippen LogP contribution in [0.1, 0.15) is 28.4 Å². The molecule has 0 spiro atoms. The highest BCUT2D eigenvalue weighted by Crippen LogP contribution is 2.38. The molecule has 5 rings (SSSR count). The van der Waals surface area contributed by atoms with Gasteiger partial charge < -0.3 is 4.74 Å². The van der Waals surface area contributed by atoms with Crippen molar-refractivity contribution in [1.82, 2.24) is 0 Å². The standard InChI is InChI=1S/C30H24N2OS/c1-21-6-2-5-9-27(21)28-17-25(12-13-26(28)18-31)30(29-19-32-14-15-34-29)33-20-22-10-11-23-7-3-4-8-24(23)16-22/h2-14,16-17,19,30H,15,20H2,1H3. The lowest BCUT2D eigenvalue weighted by Crippen LogP contribution is -2.09. The third-order valence-corrected chi connectivity index (χ3v) is 6.99. The summed E-state index contributed by atoms with van der Waals surface area (Å²) in [5, 5.41) is 12.2. The molecule has 0 radical (unpaired) electrons. The average Bonchev–Trinajstić information content (AvgIpc) is 2.89. The highest BCUT2D eigenvalue weighted by molar-refractivity contribution is 8.03. The molecule has 4 aromatic carbocycles. The molecule has 0 bridgehead atoms. The third kappa shape index (κ3) is 4.68. The Morgan fingerprint density at radius 1 is 0.941 bits per heavy atom. The van der Waals surface area contributed by atoms with E-state index in [0.29, 0.717) is 12.2 Å². The minimum Gasteiger partial charge on any atom is -0.364 e. The van der Waals surface area contributed by atoms with Crippen LogP contribution in [0, 0.1) is 18.3 Å². The van der Waals surface area contributed by atoms with Gasteiger partial charge in [0.2, 0.25) is 0 Å². The van der Waals surface area contributed by atoms with Crippen molar-refractivity contribution < 1.29 is 4.74 Å². The van der Waals surface area contributed by atoms with Crippen LogP contribution in [0.5, 0.6) is 0 Å². The van der Waals surface area contributed by atoms with Crippen LogP contribution in [-0.4, -0.2) is 12.0 Å². The third-order valence-electron chi connectivity index (χ3n) is 6.02. The Balaban J connectivity index is 1.51. The predicted molar refractivity (Wildman–Crippen MR) is 142 cm³/mol. The summed E-state index contributed by atoms with van der Waals surface area (Å²) in [6.07, 6.45) is 3.54. The summed E-state index contributed by atoms with van der Waals surface area (Å²) < 4.78 is 6.55. The van der Waals surface area contributed by atoms with Crippen LogP contribution >= 0.6 is 11.8 Å². The lowest BCUT2D eigenvalue weighted by atomic mass is 9.93. The lowest BCUT2D eigenvalue weighted by Gasteiger charge is -2.23. The van der Waals surface area contributed by atoms with Crippen molar-refractivity contribution >= 4 is 28.7 Å². The van der Waals surface area contributed by atoms with Crippen LogP contribution in [0.2, 0.25) is 0 Å². The molecule has 0 aliphatic carbocycles. The van der Waals surface area contributed by atoms with Crippen molar-refractivity contribution in [2.75, 3.05) is 5.75 Å². The largest absolute Gasteiger partial charge is 0.364 e. The number of aryl methyl sites for hydroxylation is 1. The minimum absolute atomic E-state index is 0.260. The summed E-state index contributed by atoms with van der Waals surface area (Å²) in [6, 6.07) is 31.3. The van der Waals surface area contributed by atoms with Gasteiger partial charge in [-0.1, -0.05) is 66.7 Å². The van der Waals surface area contributed by atoms with Gasteiger partial charge in [0.05, 0.1) is 18.2 Å². The van der Waals surface area contributed by atoms with Gasteiger partial charge in [0.15, 0.2) is 0 Å². The van der Waals surface area contributed by atoms with Gasteiger partial charge in [0.25, 0.3) is 0 Å². The molecular formula is C30H24N2OS. The van der Waals surface area contributed by atoms with E-state index in [1.165, 1.54) is 10.8 Å². The number of hydrogen-bond donors (Lipinski definition) is 0. The first-order valence-corrected chi connectivity index (χ1v) is 12.3. The Bertz CT molecular complexity index is 1450. The first-order chi connectivity index (χ1) is 16.7.